The van der Waals surface area contributed by atoms with Gasteiger partial charge in [-0.05, 0) is 37.4 Å². The highest BCUT2D eigenvalue weighted by Gasteiger charge is 2.15. The van der Waals surface area contributed by atoms with Crippen LogP contribution in [0.3, 0.4) is 0 Å². The van der Waals surface area contributed by atoms with Gasteiger partial charge in [-0.1, -0.05) is 5.16 Å². The molecule has 2 aromatic rings. The van der Waals surface area contributed by atoms with Gasteiger partial charge < -0.3 is 4.52 Å². The van der Waals surface area contributed by atoms with Crippen molar-refractivity contribution >= 4 is 11.3 Å². The summed E-state index contributed by atoms with van der Waals surface area (Å²) in [5.41, 5.74) is 1.02. The van der Waals surface area contributed by atoms with Crippen LogP contribution in [0.15, 0.2) is 21.3 Å². The highest BCUT2D eigenvalue weighted by atomic mass is 32.1. The molecule has 0 unspecified atom stereocenters. The molecule has 0 saturated carbocycles. The van der Waals surface area contributed by atoms with E-state index in [0.717, 1.165) is 31.0 Å². The summed E-state index contributed by atoms with van der Waals surface area (Å²) < 4.78 is 5.24. The van der Waals surface area contributed by atoms with E-state index in [-0.39, 0.29) is 0 Å². The highest BCUT2D eigenvalue weighted by molar-refractivity contribution is 7.08. The van der Waals surface area contributed by atoms with Crippen molar-refractivity contribution in [2.24, 2.45) is 0 Å². The van der Waals surface area contributed by atoms with Gasteiger partial charge in [0.2, 0.25) is 0 Å². The molecule has 5 heteroatoms. The maximum absolute atomic E-state index is 5.24. The van der Waals surface area contributed by atoms with Crippen LogP contribution in [-0.4, -0.2) is 28.1 Å². The van der Waals surface area contributed by atoms with E-state index in [4.69, 9.17) is 4.52 Å². The largest absolute Gasteiger partial charge is 0.334 e. The number of rotatable bonds is 3. The van der Waals surface area contributed by atoms with E-state index in [1.165, 1.54) is 12.8 Å². The SMILES string of the molecule is c1cc(-c2nc(CN3CCCC3)no2)cs1. The number of nitrogens with zero attached hydrogens (tertiary/aromatic N) is 3. The third-order valence-electron chi connectivity index (χ3n) is 2.80. The van der Waals surface area contributed by atoms with E-state index >= 15 is 0 Å². The molecule has 0 amide bonds. The molecular formula is C11H13N3OS. The minimum atomic E-state index is 0.635. The second-order valence-electron chi connectivity index (χ2n) is 4.01. The van der Waals surface area contributed by atoms with Crippen molar-refractivity contribution in [1.82, 2.24) is 15.0 Å². The minimum absolute atomic E-state index is 0.635. The lowest BCUT2D eigenvalue weighted by Gasteiger charge is -2.10. The molecule has 16 heavy (non-hydrogen) atoms. The van der Waals surface area contributed by atoms with Crippen LogP contribution in [0.5, 0.6) is 0 Å². The first-order chi connectivity index (χ1) is 7.92. The molecule has 0 bridgehead atoms. The Bertz CT molecular complexity index is 446. The number of hydrogen-bond donors (Lipinski definition) is 0. The highest BCUT2D eigenvalue weighted by Crippen LogP contribution is 2.20. The molecule has 0 radical (unpaired) electrons. The topological polar surface area (TPSA) is 42.2 Å². The van der Waals surface area contributed by atoms with Crippen molar-refractivity contribution in [1.29, 1.82) is 0 Å². The van der Waals surface area contributed by atoms with Crippen molar-refractivity contribution in [2.75, 3.05) is 13.1 Å². The Kier molecular flexibility index (Phi) is 2.71. The van der Waals surface area contributed by atoms with Crippen LogP contribution in [0.4, 0.5) is 0 Å². The van der Waals surface area contributed by atoms with Crippen molar-refractivity contribution in [2.45, 2.75) is 19.4 Å². The van der Waals surface area contributed by atoms with E-state index in [0.29, 0.717) is 5.89 Å². The van der Waals surface area contributed by atoms with Crippen LogP contribution < -0.4 is 0 Å². The van der Waals surface area contributed by atoms with Gasteiger partial charge in [0, 0.05) is 5.38 Å². The molecule has 1 fully saturated rings. The smallest absolute Gasteiger partial charge is 0.258 e. The first-order valence-corrected chi connectivity index (χ1v) is 6.43. The van der Waals surface area contributed by atoms with Gasteiger partial charge in [0.1, 0.15) is 0 Å². The fourth-order valence-corrected chi connectivity index (χ4v) is 2.59. The molecule has 3 heterocycles. The summed E-state index contributed by atoms with van der Waals surface area (Å²) in [6.07, 6.45) is 2.57. The van der Waals surface area contributed by atoms with Crippen molar-refractivity contribution < 1.29 is 4.52 Å². The standard InChI is InChI=1S/C11H13N3OS/c1-2-5-14(4-1)7-10-12-11(15-13-10)9-3-6-16-8-9/h3,6,8H,1-2,4-5,7H2. The van der Waals surface area contributed by atoms with Crippen LogP contribution in [-0.2, 0) is 6.54 Å². The summed E-state index contributed by atoms with van der Waals surface area (Å²) in [6.45, 7) is 3.12. The van der Waals surface area contributed by atoms with Gasteiger partial charge in [0.15, 0.2) is 5.82 Å². The second kappa shape index (κ2) is 4.35. The molecule has 0 N–H and O–H groups in total. The fourth-order valence-electron chi connectivity index (χ4n) is 1.96. The van der Waals surface area contributed by atoms with Crippen LogP contribution >= 0.6 is 11.3 Å². The predicted octanol–water partition coefficient (Wildman–Crippen LogP) is 2.39. The third-order valence-corrected chi connectivity index (χ3v) is 3.48. The molecular weight excluding hydrogens is 222 g/mol. The lowest BCUT2D eigenvalue weighted by molar-refractivity contribution is 0.312. The van der Waals surface area contributed by atoms with E-state index in [1.54, 1.807) is 11.3 Å². The Labute approximate surface area is 97.9 Å². The van der Waals surface area contributed by atoms with Crippen molar-refractivity contribution in [3.63, 3.8) is 0 Å². The molecule has 0 spiro atoms. The fraction of sp³-hybridized carbons (Fsp3) is 0.455. The minimum Gasteiger partial charge on any atom is -0.334 e. The summed E-state index contributed by atoms with van der Waals surface area (Å²) in [7, 11) is 0. The maximum Gasteiger partial charge on any atom is 0.258 e. The summed E-state index contributed by atoms with van der Waals surface area (Å²) >= 11 is 1.64. The normalized spacial score (nSPS) is 17.0. The molecule has 0 aliphatic carbocycles. The van der Waals surface area contributed by atoms with Gasteiger partial charge in [0.05, 0.1) is 12.1 Å². The van der Waals surface area contributed by atoms with Gasteiger partial charge in [-0.2, -0.15) is 16.3 Å². The molecule has 1 saturated heterocycles. The quantitative estimate of drug-likeness (QED) is 0.819. The number of likely N-dealkylation sites (tertiary alicyclic amines) is 1. The lowest BCUT2D eigenvalue weighted by atomic mass is 10.3. The lowest BCUT2D eigenvalue weighted by Crippen LogP contribution is -2.19. The molecule has 0 atom stereocenters. The Morgan fingerprint density at radius 2 is 2.25 bits per heavy atom. The molecule has 0 aromatic carbocycles. The molecule has 84 valence electrons. The first-order valence-electron chi connectivity index (χ1n) is 5.49. The van der Waals surface area contributed by atoms with Crippen LogP contribution in [0.2, 0.25) is 0 Å². The summed E-state index contributed by atoms with van der Waals surface area (Å²) in [6, 6.07) is 2.00. The summed E-state index contributed by atoms with van der Waals surface area (Å²) in [5, 5.41) is 8.05. The van der Waals surface area contributed by atoms with Gasteiger partial charge in [-0.3, -0.25) is 4.90 Å². The number of hydrogen-bond acceptors (Lipinski definition) is 5. The Morgan fingerprint density at radius 1 is 1.38 bits per heavy atom. The average molecular weight is 235 g/mol. The van der Waals surface area contributed by atoms with Crippen LogP contribution in [0, 0.1) is 0 Å². The second-order valence-corrected chi connectivity index (χ2v) is 4.79. The zero-order valence-corrected chi connectivity index (χ0v) is 9.74. The zero-order chi connectivity index (χ0) is 10.8. The molecule has 1 aliphatic heterocycles. The van der Waals surface area contributed by atoms with Crippen molar-refractivity contribution in [3.05, 3.63) is 22.7 Å². The number of aromatic nitrogens is 2. The monoisotopic (exact) mass is 235 g/mol. The molecule has 3 rings (SSSR count). The molecule has 2 aromatic heterocycles. The predicted molar refractivity (Wildman–Crippen MR) is 62.1 cm³/mol. The van der Waals surface area contributed by atoms with Crippen LogP contribution in [0.1, 0.15) is 18.7 Å². The Morgan fingerprint density at radius 3 is 3.00 bits per heavy atom. The van der Waals surface area contributed by atoms with E-state index in [2.05, 4.69) is 15.0 Å². The van der Waals surface area contributed by atoms with Gasteiger partial charge in [-0.25, -0.2) is 0 Å². The third kappa shape index (κ3) is 2.01. The Hall–Kier alpha value is -1.20. The van der Waals surface area contributed by atoms with Gasteiger partial charge in [0.25, 0.3) is 5.89 Å². The maximum atomic E-state index is 5.24. The molecule has 4 nitrogen and oxygen atoms in total. The van der Waals surface area contributed by atoms with E-state index < -0.39 is 0 Å². The van der Waals surface area contributed by atoms with Gasteiger partial charge in [-0.15, -0.1) is 0 Å². The summed E-state index contributed by atoms with van der Waals surface area (Å²) in [5.74, 6) is 1.43. The first kappa shape index (κ1) is 9.99. The Balaban J connectivity index is 1.72. The van der Waals surface area contributed by atoms with E-state index in [1.807, 2.05) is 16.8 Å². The van der Waals surface area contributed by atoms with Crippen molar-refractivity contribution in [3.8, 4) is 11.5 Å². The zero-order valence-electron chi connectivity index (χ0n) is 8.93. The summed E-state index contributed by atoms with van der Waals surface area (Å²) in [4.78, 5) is 6.77. The number of thiophene rings is 1. The van der Waals surface area contributed by atoms with Gasteiger partial charge >= 0.3 is 0 Å². The molecule has 1 aliphatic rings. The van der Waals surface area contributed by atoms with Crippen LogP contribution in [0.25, 0.3) is 11.5 Å². The average Bonchev–Trinajstić information content (AvgIpc) is 2.99. The van der Waals surface area contributed by atoms with E-state index in [9.17, 15) is 0 Å².